The van der Waals surface area contributed by atoms with Crippen molar-refractivity contribution in [2.75, 3.05) is 6.61 Å². The minimum Gasteiger partial charge on any atom is -0.492 e. The van der Waals surface area contributed by atoms with Crippen LogP contribution in [0.1, 0.15) is 25.7 Å². The average Bonchev–Trinajstić information content (AvgIpc) is 2.70. The predicted octanol–water partition coefficient (Wildman–Crippen LogP) is 2.79. The maximum absolute atomic E-state index is 12.5. The predicted molar refractivity (Wildman–Crippen MR) is 51.6 cm³/mol. The van der Waals surface area contributed by atoms with Gasteiger partial charge in [-0.2, -0.15) is 4.39 Å². The molecule has 0 atom stereocenters. The highest BCUT2D eigenvalue weighted by atomic mass is 19.1. The van der Waals surface area contributed by atoms with Gasteiger partial charge in [0.05, 0.1) is 12.8 Å². The summed E-state index contributed by atoms with van der Waals surface area (Å²) < 4.78 is 18.0. The first-order valence-electron chi connectivity index (χ1n) is 5.09. The first-order chi connectivity index (χ1) is 6.84. The molecule has 2 nitrogen and oxygen atoms in total. The van der Waals surface area contributed by atoms with Gasteiger partial charge in [-0.25, -0.2) is 4.98 Å². The molecule has 0 amide bonds. The minimum absolute atomic E-state index is 0.460. The molecule has 1 aliphatic carbocycles. The third kappa shape index (κ3) is 2.44. The van der Waals surface area contributed by atoms with Gasteiger partial charge in [-0.1, -0.05) is 12.8 Å². The Balaban J connectivity index is 1.82. The van der Waals surface area contributed by atoms with Crippen molar-refractivity contribution in [2.45, 2.75) is 25.7 Å². The van der Waals surface area contributed by atoms with E-state index in [-0.39, 0.29) is 0 Å². The summed E-state index contributed by atoms with van der Waals surface area (Å²) in [5, 5.41) is 0. The van der Waals surface area contributed by atoms with Crippen molar-refractivity contribution in [3.05, 3.63) is 24.3 Å². The van der Waals surface area contributed by atoms with Crippen LogP contribution in [-0.2, 0) is 0 Å². The lowest BCUT2D eigenvalue weighted by Gasteiger charge is -2.10. The number of aromatic nitrogens is 1. The molecular weight excluding hydrogens is 181 g/mol. The lowest BCUT2D eigenvalue weighted by atomic mass is 10.1. The third-order valence-electron chi connectivity index (χ3n) is 2.66. The fraction of sp³-hybridized carbons (Fsp3) is 0.545. The van der Waals surface area contributed by atoms with E-state index in [1.54, 1.807) is 6.07 Å². The molecule has 0 unspecified atom stereocenters. The number of hydrogen-bond acceptors (Lipinski definition) is 2. The fourth-order valence-corrected chi connectivity index (χ4v) is 1.84. The normalized spacial score (nSPS) is 17.2. The molecular formula is C11H14FNO. The second-order valence-electron chi connectivity index (χ2n) is 3.78. The highest BCUT2D eigenvalue weighted by Crippen LogP contribution is 2.25. The third-order valence-corrected chi connectivity index (χ3v) is 2.66. The SMILES string of the molecule is Fc1ccc(OCC2CCCC2)cn1. The van der Waals surface area contributed by atoms with E-state index >= 15 is 0 Å². The Hall–Kier alpha value is -1.12. The standard InChI is InChI=1S/C11H14FNO/c12-11-6-5-10(7-13-11)14-8-9-3-1-2-4-9/h5-7,9H,1-4,8H2. The minimum atomic E-state index is -0.460. The maximum atomic E-state index is 12.5. The van der Waals surface area contributed by atoms with Crippen LogP contribution in [0.5, 0.6) is 5.75 Å². The number of rotatable bonds is 3. The van der Waals surface area contributed by atoms with Crippen LogP contribution in [0.4, 0.5) is 4.39 Å². The molecule has 0 spiro atoms. The van der Waals surface area contributed by atoms with Gasteiger partial charge < -0.3 is 4.74 Å². The highest BCUT2D eigenvalue weighted by Gasteiger charge is 2.15. The molecule has 1 fully saturated rings. The molecule has 1 aromatic rings. The zero-order chi connectivity index (χ0) is 9.80. The summed E-state index contributed by atoms with van der Waals surface area (Å²) in [4.78, 5) is 3.53. The number of ether oxygens (including phenoxy) is 1. The summed E-state index contributed by atoms with van der Waals surface area (Å²) in [5.41, 5.74) is 0. The van der Waals surface area contributed by atoms with Gasteiger partial charge in [0, 0.05) is 0 Å². The summed E-state index contributed by atoms with van der Waals surface area (Å²) in [7, 11) is 0. The Morgan fingerprint density at radius 3 is 2.79 bits per heavy atom. The monoisotopic (exact) mass is 195 g/mol. The van der Waals surface area contributed by atoms with Crippen LogP contribution in [0.2, 0.25) is 0 Å². The van der Waals surface area contributed by atoms with Crippen molar-refractivity contribution in [3.63, 3.8) is 0 Å². The van der Waals surface area contributed by atoms with Crippen molar-refractivity contribution in [2.24, 2.45) is 5.92 Å². The van der Waals surface area contributed by atoms with Crippen molar-refractivity contribution >= 4 is 0 Å². The smallest absolute Gasteiger partial charge is 0.213 e. The molecule has 3 heteroatoms. The van der Waals surface area contributed by atoms with E-state index in [0.29, 0.717) is 11.7 Å². The second kappa shape index (κ2) is 4.40. The van der Waals surface area contributed by atoms with E-state index in [4.69, 9.17) is 4.74 Å². The van der Waals surface area contributed by atoms with Crippen molar-refractivity contribution in [3.8, 4) is 5.75 Å². The van der Waals surface area contributed by atoms with Gasteiger partial charge in [-0.3, -0.25) is 0 Å². The molecule has 1 aromatic heterocycles. The summed E-state index contributed by atoms with van der Waals surface area (Å²) in [6.45, 7) is 0.743. The number of halogens is 1. The van der Waals surface area contributed by atoms with Gasteiger partial charge >= 0.3 is 0 Å². The molecule has 76 valence electrons. The first-order valence-corrected chi connectivity index (χ1v) is 5.09. The molecule has 1 saturated carbocycles. The summed E-state index contributed by atoms with van der Waals surface area (Å²) in [5.74, 6) is 0.886. The number of hydrogen-bond donors (Lipinski definition) is 0. The number of nitrogens with zero attached hydrogens (tertiary/aromatic N) is 1. The van der Waals surface area contributed by atoms with Crippen LogP contribution < -0.4 is 4.74 Å². The molecule has 0 N–H and O–H groups in total. The van der Waals surface area contributed by atoms with Crippen LogP contribution in [0.3, 0.4) is 0 Å². The van der Waals surface area contributed by atoms with Crippen molar-refractivity contribution < 1.29 is 9.13 Å². The highest BCUT2D eigenvalue weighted by molar-refractivity contribution is 5.16. The molecule has 14 heavy (non-hydrogen) atoms. The van der Waals surface area contributed by atoms with Gasteiger partial charge in [0.25, 0.3) is 0 Å². The van der Waals surface area contributed by atoms with E-state index in [9.17, 15) is 4.39 Å². The van der Waals surface area contributed by atoms with Gasteiger partial charge in [-0.15, -0.1) is 0 Å². The quantitative estimate of drug-likeness (QED) is 0.692. The average molecular weight is 195 g/mol. The molecule has 0 aliphatic heterocycles. The Bertz CT molecular complexity index is 280. The van der Waals surface area contributed by atoms with Gasteiger partial charge in [-0.05, 0) is 30.9 Å². The number of pyridine rings is 1. The fourth-order valence-electron chi connectivity index (χ4n) is 1.84. The zero-order valence-electron chi connectivity index (χ0n) is 8.08. The largest absolute Gasteiger partial charge is 0.492 e. The van der Waals surface area contributed by atoms with Gasteiger partial charge in [0.1, 0.15) is 5.75 Å². The topological polar surface area (TPSA) is 22.1 Å². The van der Waals surface area contributed by atoms with E-state index in [2.05, 4.69) is 4.98 Å². The molecule has 1 heterocycles. The molecule has 1 aliphatic rings. The Labute approximate surface area is 83.1 Å². The van der Waals surface area contributed by atoms with E-state index in [0.717, 1.165) is 6.61 Å². The van der Waals surface area contributed by atoms with Crippen LogP contribution in [0.25, 0.3) is 0 Å². The van der Waals surface area contributed by atoms with Crippen LogP contribution >= 0.6 is 0 Å². The van der Waals surface area contributed by atoms with Gasteiger partial charge in [0.15, 0.2) is 0 Å². The zero-order valence-corrected chi connectivity index (χ0v) is 8.08. The summed E-state index contributed by atoms with van der Waals surface area (Å²) >= 11 is 0. The Kier molecular flexibility index (Phi) is 2.96. The van der Waals surface area contributed by atoms with Crippen LogP contribution in [0.15, 0.2) is 18.3 Å². The first kappa shape index (κ1) is 9.44. The van der Waals surface area contributed by atoms with E-state index < -0.39 is 5.95 Å². The van der Waals surface area contributed by atoms with E-state index in [1.165, 1.54) is 37.9 Å². The summed E-state index contributed by atoms with van der Waals surface area (Å²) in [6, 6.07) is 2.95. The Morgan fingerprint density at radius 2 is 2.14 bits per heavy atom. The molecule has 0 saturated heterocycles. The van der Waals surface area contributed by atoms with Crippen LogP contribution in [-0.4, -0.2) is 11.6 Å². The lowest BCUT2D eigenvalue weighted by Crippen LogP contribution is -2.08. The van der Waals surface area contributed by atoms with Crippen molar-refractivity contribution in [1.82, 2.24) is 4.98 Å². The van der Waals surface area contributed by atoms with Crippen LogP contribution in [0, 0.1) is 11.9 Å². The molecule has 0 aromatic carbocycles. The maximum Gasteiger partial charge on any atom is 0.213 e. The second-order valence-corrected chi connectivity index (χ2v) is 3.78. The molecule has 0 bridgehead atoms. The summed E-state index contributed by atoms with van der Waals surface area (Å²) in [6.07, 6.45) is 6.58. The lowest BCUT2D eigenvalue weighted by molar-refractivity contribution is 0.251. The van der Waals surface area contributed by atoms with Crippen molar-refractivity contribution in [1.29, 1.82) is 0 Å². The van der Waals surface area contributed by atoms with Gasteiger partial charge in [0.2, 0.25) is 5.95 Å². The molecule has 2 rings (SSSR count). The van der Waals surface area contributed by atoms with E-state index in [1.807, 2.05) is 0 Å². The Morgan fingerprint density at radius 1 is 1.36 bits per heavy atom. The molecule has 0 radical (unpaired) electrons.